The normalized spacial score (nSPS) is 12.2. The van der Waals surface area contributed by atoms with E-state index in [0.717, 1.165) is 24.0 Å². The highest BCUT2D eigenvalue weighted by Crippen LogP contribution is 2.16. The van der Waals surface area contributed by atoms with Crippen LogP contribution in [-0.2, 0) is 0 Å². The molecular formula is C15H28N4. The van der Waals surface area contributed by atoms with Gasteiger partial charge >= 0.3 is 0 Å². The lowest BCUT2D eigenvalue weighted by Gasteiger charge is -2.19. The predicted octanol–water partition coefficient (Wildman–Crippen LogP) is 3.99. The van der Waals surface area contributed by atoms with Gasteiger partial charge in [-0.05, 0) is 26.7 Å². The Balaban J connectivity index is 2.71. The fraction of sp³-hybridized carbons (Fsp3) is 0.733. The molecule has 108 valence electrons. The fourth-order valence-electron chi connectivity index (χ4n) is 2.21. The van der Waals surface area contributed by atoms with Gasteiger partial charge in [0.1, 0.15) is 17.5 Å². The highest BCUT2D eigenvalue weighted by molar-refractivity contribution is 5.47. The van der Waals surface area contributed by atoms with Crippen molar-refractivity contribution in [2.45, 2.75) is 65.8 Å². The van der Waals surface area contributed by atoms with Crippen LogP contribution in [0, 0.1) is 6.92 Å². The molecular weight excluding hydrogens is 236 g/mol. The van der Waals surface area contributed by atoms with Gasteiger partial charge in [-0.2, -0.15) is 0 Å². The molecule has 4 heteroatoms. The quantitative estimate of drug-likeness (QED) is 0.708. The van der Waals surface area contributed by atoms with Crippen LogP contribution in [0.1, 0.15) is 58.7 Å². The number of rotatable bonds is 9. The van der Waals surface area contributed by atoms with Crippen molar-refractivity contribution in [2.24, 2.45) is 0 Å². The van der Waals surface area contributed by atoms with E-state index in [1.54, 1.807) is 0 Å². The molecule has 0 aliphatic rings. The van der Waals surface area contributed by atoms with Crippen molar-refractivity contribution in [3.05, 3.63) is 11.9 Å². The van der Waals surface area contributed by atoms with Crippen LogP contribution < -0.4 is 10.6 Å². The van der Waals surface area contributed by atoms with Crippen molar-refractivity contribution < 1.29 is 0 Å². The maximum Gasteiger partial charge on any atom is 0.132 e. The first kappa shape index (κ1) is 15.7. The van der Waals surface area contributed by atoms with Crippen molar-refractivity contribution in [1.82, 2.24) is 9.97 Å². The lowest BCUT2D eigenvalue weighted by molar-refractivity contribution is 0.562. The van der Waals surface area contributed by atoms with Gasteiger partial charge in [0.2, 0.25) is 0 Å². The summed E-state index contributed by atoms with van der Waals surface area (Å²) in [6, 6.07) is 2.53. The summed E-state index contributed by atoms with van der Waals surface area (Å²) >= 11 is 0. The number of nitrogens with one attached hydrogen (secondary N) is 2. The molecule has 0 amide bonds. The molecule has 0 saturated heterocycles. The number of unbranched alkanes of at least 4 members (excludes halogenated alkanes) is 1. The molecule has 0 radical (unpaired) electrons. The molecule has 4 nitrogen and oxygen atoms in total. The maximum absolute atomic E-state index is 4.48. The first-order valence-electron chi connectivity index (χ1n) is 7.55. The molecule has 0 fully saturated rings. The minimum atomic E-state index is 0.522. The zero-order valence-corrected chi connectivity index (χ0v) is 12.8. The summed E-state index contributed by atoms with van der Waals surface area (Å²) in [6.07, 6.45) is 6.12. The van der Waals surface area contributed by atoms with Crippen LogP contribution in [0.3, 0.4) is 0 Å². The summed E-state index contributed by atoms with van der Waals surface area (Å²) in [5.74, 6) is 2.66. The number of hydrogen-bond donors (Lipinski definition) is 2. The van der Waals surface area contributed by atoms with Gasteiger partial charge in [0, 0.05) is 18.7 Å². The Hall–Kier alpha value is -1.32. The molecule has 2 N–H and O–H groups in total. The second-order valence-electron chi connectivity index (χ2n) is 4.99. The highest BCUT2D eigenvalue weighted by atomic mass is 15.1. The zero-order chi connectivity index (χ0) is 14.1. The summed E-state index contributed by atoms with van der Waals surface area (Å²) in [5, 5.41) is 6.81. The summed E-state index contributed by atoms with van der Waals surface area (Å²) in [7, 11) is 0. The summed E-state index contributed by atoms with van der Waals surface area (Å²) in [6.45, 7) is 9.36. The first-order valence-corrected chi connectivity index (χ1v) is 7.55. The molecule has 1 unspecified atom stereocenters. The summed E-state index contributed by atoms with van der Waals surface area (Å²) in [5.41, 5.74) is 0. The molecule has 1 atom stereocenters. The Bertz CT molecular complexity index is 365. The SMILES string of the molecule is CCCCC(CCC)Nc1cc(NCC)nc(C)n1. The Kier molecular flexibility index (Phi) is 7.23. The average molecular weight is 264 g/mol. The molecule has 1 aromatic heterocycles. The number of aromatic nitrogens is 2. The van der Waals surface area contributed by atoms with E-state index in [1.807, 2.05) is 13.0 Å². The second kappa shape index (κ2) is 8.73. The third-order valence-electron chi connectivity index (χ3n) is 3.09. The topological polar surface area (TPSA) is 49.8 Å². The van der Waals surface area contributed by atoms with E-state index in [2.05, 4.69) is 41.4 Å². The fourth-order valence-corrected chi connectivity index (χ4v) is 2.21. The van der Waals surface area contributed by atoms with Crippen LogP contribution in [0.5, 0.6) is 0 Å². The van der Waals surface area contributed by atoms with Gasteiger partial charge in [-0.1, -0.05) is 33.1 Å². The lowest BCUT2D eigenvalue weighted by atomic mass is 10.1. The predicted molar refractivity (Wildman–Crippen MR) is 82.8 cm³/mol. The molecule has 1 rings (SSSR count). The van der Waals surface area contributed by atoms with E-state index in [-0.39, 0.29) is 0 Å². The van der Waals surface area contributed by atoms with Gasteiger partial charge in [-0.3, -0.25) is 0 Å². The molecule has 0 aliphatic heterocycles. The minimum Gasteiger partial charge on any atom is -0.370 e. The largest absolute Gasteiger partial charge is 0.370 e. The zero-order valence-electron chi connectivity index (χ0n) is 12.8. The van der Waals surface area contributed by atoms with Gasteiger partial charge < -0.3 is 10.6 Å². The molecule has 0 aliphatic carbocycles. The first-order chi connectivity index (χ1) is 9.19. The van der Waals surface area contributed by atoms with Crippen molar-refractivity contribution in [3.63, 3.8) is 0 Å². The van der Waals surface area contributed by atoms with Gasteiger partial charge in [0.25, 0.3) is 0 Å². The van der Waals surface area contributed by atoms with Gasteiger partial charge in [-0.15, -0.1) is 0 Å². The van der Waals surface area contributed by atoms with E-state index in [1.165, 1.54) is 32.1 Å². The standard InChI is InChI=1S/C15H28N4/c1-5-8-10-13(9-6-2)19-15-11-14(16-7-3)17-12(4)18-15/h11,13H,5-10H2,1-4H3,(H2,16,17,18,19). The highest BCUT2D eigenvalue weighted by Gasteiger charge is 2.09. The Labute approximate surface area is 117 Å². The van der Waals surface area contributed by atoms with Gasteiger partial charge in [-0.25, -0.2) is 9.97 Å². The number of hydrogen-bond acceptors (Lipinski definition) is 4. The lowest BCUT2D eigenvalue weighted by Crippen LogP contribution is -2.20. The minimum absolute atomic E-state index is 0.522. The van der Waals surface area contributed by atoms with Crippen molar-refractivity contribution in [3.8, 4) is 0 Å². The summed E-state index contributed by atoms with van der Waals surface area (Å²) in [4.78, 5) is 8.86. The van der Waals surface area contributed by atoms with Gasteiger partial charge in [0.05, 0.1) is 0 Å². The Morgan fingerprint density at radius 2 is 1.79 bits per heavy atom. The van der Waals surface area contributed by atoms with Crippen LogP contribution in [0.15, 0.2) is 6.07 Å². The Morgan fingerprint density at radius 1 is 1.05 bits per heavy atom. The van der Waals surface area contributed by atoms with Crippen molar-refractivity contribution in [1.29, 1.82) is 0 Å². The van der Waals surface area contributed by atoms with Crippen LogP contribution in [-0.4, -0.2) is 22.6 Å². The number of aryl methyl sites for hydroxylation is 1. The smallest absolute Gasteiger partial charge is 0.132 e. The Morgan fingerprint density at radius 3 is 2.42 bits per heavy atom. The van der Waals surface area contributed by atoms with Crippen molar-refractivity contribution in [2.75, 3.05) is 17.2 Å². The van der Waals surface area contributed by atoms with Crippen LogP contribution in [0.2, 0.25) is 0 Å². The van der Waals surface area contributed by atoms with E-state index in [4.69, 9.17) is 0 Å². The molecule has 1 aromatic rings. The number of anilines is 2. The molecule has 0 aromatic carbocycles. The molecule has 0 spiro atoms. The average Bonchev–Trinajstić information content (AvgIpc) is 2.36. The van der Waals surface area contributed by atoms with E-state index >= 15 is 0 Å². The molecule has 0 saturated carbocycles. The maximum atomic E-state index is 4.48. The van der Waals surface area contributed by atoms with E-state index in [9.17, 15) is 0 Å². The molecule has 0 bridgehead atoms. The van der Waals surface area contributed by atoms with Gasteiger partial charge in [0.15, 0.2) is 0 Å². The van der Waals surface area contributed by atoms with E-state index < -0.39 is 0 Å². The molecule has 1 heterocycles. The van der Waals surface area contributed by atoms with Crippen molar-refractivity contribution >= 4 is 11.6 Å². The van der Waals surface area contributed by atoms with Crippen LogP contribution in [0.25, 0.3) is 0 Å². The van der Waals surface area contributed by atoms with E-state index in [0.29, 0.717) is 6.04 Å². The second-order valence-corrected chi connectivity index (χ2v) is 4.99. The third kappa shape index (κ3) is 5.90. The summed E-state index contributed by atoms with van der Waals surface area (Å²) < 4.78 is 0. The molecule has 19 heavy (non-hydrogen) atoms. The number of nitrogens with zero attached hydrogens (tertiary/aromatic N) is 2. The monoisotopic (exact) mass is 264 g/mol. The van der Waals surface area contributed by atoms with Crippen LogP contribution >= 0.6 is 0 Å². The third-order valence-corrected chi connectivity index (χ3v) is 3.09. The van der Waals surface area contributed by atoms with Crippen LogP contribution in [0.4, 0.5) is 11.6 Å².